The van der Waals surface area contributed by atoms with Crippen LogP contribution in [0.4, 0.5) is 5.69 Å². The molecule has 0 aliphatic carbocycles. The Morgan fingerprint density at radius 1 is 0.960 bits per heavy atom. The van der Waals surface area contributed by atoms with Crippen LogP contribution in [0.1, 0.15) is 31.9 Å². The van der Waals surface area contributed by atoms with E-state index in [0.717, 1.165) is 17.5 Å². The average molecular weight is 340 g/mol. The first-order valence-corrected chi connectivity index (χ1v) is 8.43. The molecule has 0 unspecified atom stereocenters. The number of hydrogen-bond acceptors (Lipinski definition) is 3. The number of carbonyl (C=O) groups is 2. The minimum Gasteiger partial charge on any atom is -0.491 e. The molecule has 2 amide bonds. The molecule has 0 bridgehead atoms. The van der Waals surface area contributed by atoms with Gasteiger partial charge in [-0.1, -0.05) is 43.3 Å². The van der Waals surface area contributed by atoms with Crippen molar-refractivity contribution in [1.29, 1.82) is 0 Å². The maximum atomic E-state index is 12.1. The number of hydrogen-bond donors (Lipinski definition) is 2. The van der Waals surface area contributed by atoms with E-state index in [0.29, 0.717) is 11.4 Å². The number of anilines is 1. The second-order valence-corrected chi connectivity index (χ2v) is 5.92. The SMILES string of the molecule is CCc1ccccc1NC(=O)C(=O)NCc1ccccc1OC(C)C. The summed E-state index contributed by atoms with van der Waals surface area (Å²) in [6.07, 6.45) is 0.809. The van der Waals surface area contributed by atoms with Crippen LogP contribution in [0.5, 0.6) is 5.75 Å². The van der Waals surface area contributed by atoms with Gasteiger partial charge in [-0.2, -0.15) is 0 Å². The fourth-order valence-electron chi connectivity index (χ4n) is 2.40. The predicted molar refractivity (Wildman–Crippen MR) is 98.5 cm³/mol. The van der Waals surface area contributed by atoms with Gasteiger partial charge in [-0.05, 0) is 38.0 Å². The van der Waals surface area contributed by atoms with Crippen molar-refractivity contribution in [1.82, 2.24) is 5.32 Å². The van der Waals surface area contributed by atoms with Crippen LogP contribution < -0.4 is 15.4 Å². The van der Waals surface area contributed by atoms with Crippen molar-refractivity contribution >= 4 is 17.5 Å². The van der Waals surface area contributed by atoms with Crippen molar-refractivity contribution in [2.45, 2.75) is 39.8 Å². The van der Waals surface area contributed by atoms with Gasteiger partial charge in [0.2, 0.25) is 0 Å². The van der Waals surface area contributed by atoms with Gasteiger partial charge < -0.3 is 15.4 Å². The first-order chi connectivity index (χ1) is 12.0. The van der Waals surface area contributed by atoms with Crippen LogP contribution in [0.2, 0.25) is 0 Å². The summed E-state index contributed by atoms with van der Waals surface area (Å²) in [6.45, 7) is 6.10. The minimum absolute atomic E-state index is 0.0331. The second-order valence-electron chi connectivity index (χ2n) is 5.92. The van der Waals surface area contributed by atoms with Gasteiger partial charge >= 0.3 is 11.8 Å². The Morgan fingerprint density at radius 3 is 2.28 bits per heavy atom. The molecule has 132 valence electrons. The monoisotopic (exact) mass is 340 g/mol. The summed E-state index contributed by atoms with van der Waals surface area (Å²) in [6, 6.07) is 14.9. The molecule has 2 aromatic rings. The summed E-state index contributed by atoms with van der Waals surface area (Å²) >= 11 is 0. The van der Waals surface area contributed by atoms with Crippen LogP contribution in [0.15, 0.2) is 48.5 Å². The highest BCUT2D eigenvalue weighted by Gasteiger charge is 2.15. The first-order valence-electron chi connectivity index (χ1n) is 8.43. The third-order valence-corrected chi connectivity index (χ3v) is 3.63. The first kappa shape index (κ1) is 18.5. The molecule has 0 spiro atoms. The van der Waals surface area contributed by atoms with Gasteiger partial charge in [-0.15, -0.1) is 0 Å². The van der Waals surface area contributed by atoms with E-state index in [1.165, 1.54) is 0 Å². The van der Waals surface area contributed by atoms with E-state index >= 15 is 0 Å². The smallest absolute Gasteiger partial charge is 0.313 e. The molecule has 2 rings (SSSR count). The van der Waals surface area contributed by atoms with Crippen molar-refractivity contribution in [3.8, 4) is 5.75 Å². The molecule has 0 radical (unpaired) electrons. The Balaban J connectivity index is 1.97. The van der Waals surface area contributed by atoms with Crippen LogP contribution >= 0.6 is 0 Å². The van der Waals surface area contributed by atoms with E-state index in [1.54, 1.807) is 6.07 Å². The fraction of sp³-hybridized carbons (Fsp3) is 0.300. The van der Waals surface area contributed by atoms with Crippen LogP contribution in [0, 0.1) is 0 Å². The molecule has 0 heterocycles. The highest BCUT2D eigenvalue weighted by Crippen LogP contribution is 2.19. The van der Waals surface area contributed by atoms with Crippen molar-refractivity contribution in [3.05, 3.63) is 59.7 Å². The molecule has 0 aliphatic heterocycles. The highest BCUT2D eigenvalue weighted by atomic mass is 16.5. The van der Waals surface area contributed by atoms with E-state index in [2.05, 4.69) is 10.6 Å². The summed E-state index contributed by atoms with van der Waals surface area (Å²) in [7, 11) is 0. The molecule has 0 aliphatic rings. The second kappa shape index (κ2) is 8.87. The third kappa shape index (κ3) is 5.35. The van der Waals surface area contributed by atoms with Crippen LogP contribution in [0.3, 0.4) is 0 Å². The lowest BCUT2D eigenvalue weighted by Crippen LogP contribution is -2.35. The van der Waals surface area contributed by atoms with Crippen molar-refractivity contribution in [2.75, 3.05) is 5.32 Å². The summed E-state index contributed by atoms with van der Waals surface area (Å²) in [5, 5.41) is 5.30. The molecule has 5 nitrogen and oxygen atoms in total. The lowest BCUT2D eigenvalue weighted by atomic mass is 10.1. The van der Waals surface area contributed by atoms with Gasteiger partial charge in [0.1, 0.15) is 5.75 Å². The quantitative estimate of drug-likeness (QED) is 0.793. The van der Waals surface area contributed by atoms with E-state index in [9.17, 15) is 9.59 Å². The van der Waals surface area contributed by atoms with Gasteiger partial charge in [0, 0.05) is 17.8 Å². The zero-order chi connectivity index (χ0) is 18.2. The van der Waals surface area contributed by atoms with Crippen LogP contribution in [-0.4, -0.2) is 17.9 Å². The number of ether oxygens (including phenoxy) is 1. The van der Waals surface area contributed by atoms with Gasteiger partial charge in [-0.25, -0.2) is 0 Å². The Bertz CT molecular complexity index is 741. The zero-order valence-corrected chi connectivity index (χ0v) is 14.8. The van der Waals surface area contributed by atoms with Crippen LogP contribution in [-0.2, 0) is 22.6 Å². The molecule has 0 saturated heterocycles. The summed E-state index contributed by atoms with van der Waals surface area (Å²) in [5.41, 5.74) is 2.47. The van der Waals surface area contributed by atoms with Crippen molar-refractivity contribution in [2.24, 2.45) is 0 Å². The number of benzene rings is 2. The number of para-hydroxylation sites is 2. The zero-order valence-electron chi connectivity index (χ0n) is 14.8. The average Bonchev–Trinajstić information content (AvgIpc) is 2.60. The maximum absolute atomic E-state index is 12.1. The topological polar surface area (TPSA) is 67.4 Å². The third-order valence-electron chi connectivity index (χ3n) is 3.63. The Labute approximate surface area is 148 Å². The normalized spacial score (nSPS) is 10.4. The van der Waals surface area contributed by atoms with Gasteiger partial charge in [-0.3, -0.25) is 9.59 Å². The van der Waals surface area contributed by atoms with Crippen LogP contribution in [0.25, 0.3) is 0 Å². The molecule has 0 atom stereocenters. The van der Waals surface area contributed by atoms with Gasteiger partial charge in [0.05, 0.1) is 6.10 Å². The fourth-order valence-corrected chi connectivity index (χ4v) is 2.40. The highest BCUT2D eigenvalue weighted by molar-refractivity contribution is 6.39. The van der Waals surface area contributed by atoms with Crippen molar-refractivity contribution < 1.29 is 14.3 Å². The largest absolute Gasteiger partial charge is 0.491 e. The standard InChI is InChI=1S/C20H24N2O3/c1-4-15-9-5-7-11-17(15)22-20(24)19(23)21-13-16-10-6-8-12-18(16)25-14(2)3/h5-12,14H,4,13H2,1-3H3,(H,21,23)(H,22,24). The van der Waals surface area contributed by atoms with E-state index in [-0.39, 0.29) is 12.6 Å². The van der Waals surface area contributed by atoms with Gasteiger partial charge in [0.15, 0.2) is 0 Å². The number of carbonyl (C=O) groups excluding carboxylic acids is 2. The predicted octanol–water partition coefficient (Wildman–Crippen LogP) is 3.29. The number of amides is 2. The number of nitrogens with one attached hydrogen (secondary N) is 2. The number of aryl methyl sites for hydroxylation is 1. The molecule has 5 heteroatoms. The summed E-state index contributed by atoms with van der Waals surface area (Å²) < 4.78 is 5.71. The molecular weight excluding hydrogens is 316 g/mol. The number of rotatable bonds is 6. The Hall–Kier alpha value is -2.82. The lowest BCUT2D eigenvalue weighted by molar-refractivity contribution is -0.136. The molecular formula is C20H24N2O3. The van der Waals surface area contributed by atoms with E-state index in [1.807, 2.05) is 63.2 Å². The molecule has 0 fully saturated rings. The summed E-state index contributed by atoms with van der Waals surface area (Å²) in [4.78, 5) is 24.2. The molecule has 2 aromatic carbocycles. The summed E-state index contributed by atoms with van der Waals surface area (Å²) in [5.74, 6) is -0.650. The van der Waals surface area contributed by atoms with E-state index < -0.39 is 11.8 Å². The maximum Gasteiger partial charge on any atom is 0.313 e. The van der Waals surface area contributed by atoms with Gasteiger partial charge in [0.25, 0.3) is 0 Å². The molecule has 25 heavy (non-hydrogen) atoms. The van der Waals surface area contributed by atoms with Crippen molar-refractivity contribution in [3.63, 3.8) is 0 Å². The minimum atomic E-state index is -0.678. The lowest BCUT2D eigenvalue weighted by Gasteiger charge is -2.14. The van der Waals surface area contributed by atoms with E-state index in [4.69, 9.17) is 4.74 Å². The Morgan fingerprint density at radius 2 is 1.60 bits per heavy atom. The molecule has 2 N–H and O–H groups in total. The Kier molecular flexibility index (Phi) is 6.57. The molecule has 0 aromatic heterocycles. The molecule has 0 saturated carbocycles.